The molecule has 4 nitrogen and oxygen atoms in total. The number of fused-ring (bicyclic) bond motifs is 1. The lowest BCUT2D eigenvalue weighted by molar-refractivity contribution is 0.0971. The molecule has 1 aliphatic carbocycles. The number of hydrogen-bond acceptors (Lipinski definition) is 4. The minimum atomic E-state index is -0.862. The fourth-order valence-electron chi connectivity index (χ4n) is 4.54. The second-order valence-electron chi connectivity index (χ2n) is 8.62. The predicted molar refractivity (Wildman–Crippen MR) is 142 cm³/mol. The van der Waals surface area contributed by atoms with E-state index in [-0.39, 0.29) is 5.78 Å². The van der Waals surface area contributed by atoms with Crippen molar-refractivity contribution in [1.29, 1.82) is 0 Å². The van der Waals surface area contributed by atoms with Crippen molar-refractivity contribution in [2.24, 2.45) is 0 Å². The van der Waals surface area contributed by atoms with E-state index in [0.717, 1.165) is 45.7 Å². The number of H-pyrrole nitrogens is 1. The molecule has 1 N–H and O–H groups in total. The van der Waals surface area contributed by atoms with Crippen LogP contribution in [0.4, 0.5) is 0 Å². The number of hydrogen-bond donors (Lipinski definition) is 1. The fourth-order valence-corrected chi connectivity index (χ4v) is 6.29. The number of carbonyl (C=O) groups is 1. The second kappa shape index (κ2) is 10.1. The number of imidazole rings is 1. The van der Waals surface area contributed by atoms with Gasteiger partial charge in [0.05, 0.1) is 10.0 Å². The highest BCUT2D eigenvalue weighted by molar-refractivity contribution is 7.98. The lowest BCUT2D eigenvalue weighted by Gasteiger charge is -2.32. The summed E-state index contributed by atoms with van der Waals surface area (Å²) < 4.78 is 6.83. The molecule has 0 radical (unpaired) electrons. The number of aromatic nitrogens is 2. The molecule has 1 atom stereocenters. The average molecular weight is 523 g/mol. The maximum atomic E-state index is 12.7. The van der Waals surface area contributed by atoms with Gasteiger partial charge in [-0.25, -0.2) is 4.98 Å². The van der Waals surface area contributed by atoms with Gasteiger partial charge >= 0.3 is 0 Å². The Bertz CT molecular complexity index is 1340. The summed E-state index contributed by atoms with van der Waals surface area (Å²) in [6, 6.07) is 19.3. The minimum Gasteiger partial charge on any atom is -0.475 e. The van der Waals surface area contributed by atoms with Gasteiger partial charge in [-0.15, -0.1) is 11.8 Å². The molecule has 3 aromatic carbocycles. The van der Waals surface area contributed by atoms with E-state index in [1.807, 2.05) is 67.6 Å². The normalized spacial score (nSPS) is 14.9. The maximum absolute atomic E-state index is 12.7. The molecule has 0 aliphatic heterocycles. The zero-order valence-corrected chi connectivity index (χ0v) is 21.5. The minimum absolute atomic E-state index is 0.177. The highest BCUT2D eigenvalue weighted by Gasteiger charge is 2.35. The Hall–Kier alpha value is -2.73. The van der Waals surface area contributed by atoms with E-state index >= 15 is 0 Å². The quantitative estimate of drug-likeness (QED) is 0.251. The highest BCUT2D eigenvalue weighted by Crippen LogP contribution is 2.42. The van der Waals surface area contributed by atoms with Crippen molar-refractivity contribution >= 4 is 40.7 Å². The van der Waals surface area contributed by atoms with Gasteiger partial charge in [-0.3, -0.25) is 4.79 Å². The van der Waals surface area contributed by atoms with Gasteiger partial charge in [0.15, 0.2) is 17.2 Å². The molecule has 0 fully saturated rings. The number of Topliss-reactive ketones (excluding diaryl/α,β-unsaturated/α-hetero) is 1. The monoisotopic (exact) mass is 522 g/mol. The summed E-state index contributed by atoms with van der Waals surface area (Å²) in [6.45, 7) is 2.01. The third-order valence-corrected chi connectivity index (χ3v) is 8.40. The van der Waals surface area contributed by atoms with Crippen molar-refractivity contribution in [2.75, 3.05) is 0 Å². The van der Waals surface area contributed by atoms with Crippen LogP contribution in [0.5, 0.6) is 5.75 Å². The van der Waals surface area contributed by atoms with Crippen LogP contribution in [0.1, 0.15) is 52.6 Å². The van der Waals surface area contributed by atoms with Crippen molar-refractivity contribution in [3.8, 4) is 5.75 Å². The molecule has 0 saturated carbocycles. The number of ketones is 1. The molecule has 35 heavy (non-hydrogen) atoms. The van der Waals surface area contributed by atoms with Crippen LogP contribution in [0.3, 0.4) is 0 Å². The molecule has 1 aromatic heterocycles. The van der Waals surface area contributed by atoms with Crippen LogP contribution in [-0.4, -0.2) is 15.8 Å². The molecular weight excluding hydrogens is 499 g/mol. The third-order valence-electron chi connectivity index (χ3n) is 6.39. The molecule has 0 unspecified atom stereocenters. The van der Waals surface area contributed by atoms with Crippen LogP contribution in [0.2, 0.25) is 10.0 Å². The number of aromatic amines is 1. The molecule has 0 amide bonds. The lowest BCUT2D eigenvalue weighted by atomic mass is 9.87. The average Bonchev–Trinajstić information content (AvgIpc) is 3.41. The first-order chi connectivity index (χ1) is 17.0. The van der Waals surface area contributed by atoms with E-state index in [9.17, 15) is 4.79 Å². The van der Waals surface area contributed by atoms with Gasteiger partial charge in [0.1, 0.15) is 5.75 Å². The highest BCUT2D eigenvalue weighted by atomic mass is 35.5. The zero-order valence-electron chi connectivity index (χ0n) is 19.2. The summed E-state index contributed by atoms with van der Waals surface area (Å²) in [5, 5.41) is 1.21. The Morgan fingerprint density at radius 3 is 2.51 bits per heavy atom. The van der Waals surface area contributed by atoms with Gasteiger partial charge in [-0.2, -0.15) is 0 Å². The molecule has 1 aliphatic rings. The van der Waals surface area contributed by atoms with Gasteiger partial charge in [0.25, 0.3) is 0 Å². The first-order valence-electron chi connectivity index (χ1n) is 11.5. The SMILES string of the molecule is C[C@](Oc1ccc2c(c1CSc1c(Cl)cccc1Cl)CCCC2=O)(c1ccccc1)c1ncc[nH]1. The summed E-state index contributed by atoms with van der Waals surface area (Å²) in [5.41, 5.74) is 2.92. The van der Waals surface area contributed by atoms with E-state index in [0.29, 0.717) is 28.0 Å². The van der Waals surface area contributed by atoms with Crippen LogP contribution in [0.25, 0.3) is 0 Å². The molecule has 0 bridgehead atoms. The van der Waals surface area contributed by atoms with E-state index in [2.05, 4.69) is 9.97 Å². The molecule has 7 heteroatoms. The summed E-state index contributed by atoms with van der Waals surface area (Å²) in [7, 11) is 0. The van der Waals surface area contributed by atoms with Crippen molar-refractivity contribution in [1.82, 2.24) is 9.97 Å². The second-order valence-corrected chi connectivity index (χ2v) is 10.4. The van der Waals surface area contributed by atoms with Crippen LogP contribution >= 0.6 is 35.0 Å². The zero-order chi connectivity index (χ0) is 24.4. The molecule has 5 rings (SSSR count). The van der Waals surface area contributed by atoms with Gasteiger partial charge in [0, 0.05) is 46.2 Å². The van der Waals surface area contributed by atoms with E-state index in [1.165, 1.54) is 0 Å². The topological polar surface area (TPSA) is 55.0 Å². The Kier molecular flexibility index (Phi) is 6.92. The number of nitrogens with zero attached hydrogens (tertiary/aromatic N) is 1. The Morgan fingerprint density at radius 2 is 1.80 bits per heavy atom. The van der Waals surface area contributed by atoms with Gasteiger partial charge in [0.2, 0.25) is 0 Å². The fraction of sp³-hybridized carbons (Fsp3) is 0.214. The standard InChI is InChI=1S/C28H24Cl2N2O2S/c1-28(27-31-15-16-32-27,18-7-3-2-4-8-18)34-25-14-13-20-19(9-5-12-24(20)33)21(25)17-35-26-22(29)10-6-11-23(26)30/h2-4,6-8,10-11,13-16H,5,9,12,17H2,1H3,(H,31,32)/t28-/m0/s1. The molecular formula is C28H24Cl2N2O2S. The van der Waals surface area contributed by atoms with Crippen molar-refractivity contribution in [3.63, 3.8) is 0 Å². The first-order valence-corrected chi connectivity index (χ1v) is 13.2. The van der Waals surface area contributed by atoms with Gasteiger partial charge < -0.3 is 9.72 Å². The van der Waals surface area contributed by atoms with E-state index in [1.54, 1.807) is 24.2 Å². The third kappa shape index (κ3) is 4.73. The van der Waals surface area contributed by atoms with Crippen LogP contribution < -0.4 is 4.74 Å². The first kappa shape index (κ1) is 24.0. The lowest BCUT2D eigenvalue weighted by Crippen LogP contribution is -2.33. The van der Waals surface area contributed by atoms with Crippen molar-refractivity contribution in [3.05, 3.63) is 111 Å². The van der Waals surface area contributed by atoms with E-state index < -0.39 is 5.60 Å². The predicted octanol–water partition coefficient (Wildman–Crippen LogP) is 7.87. The Labute approximate surface area is 219 Å². The van der Waals surface area contributed by atoms with Crippen LogP contribution in [0, 0.1) is 0 Å². The summed E-state index contributed by atoms with van der Waals surface area (Å²) in [5.74, 6) is 2.16. The maximum Gasteiger partial charge on any atom is 0.188 e. The van der Waals surface area contributed by atoms with E-state index in [4.69, 9.17) is 27.9 Å². The number of thioether (sulfide) groups is 1. The molecule has 0 saturated heterocycles. The number of ether oxygens (including phenoxy) is 1. The van der Waals surface area contributed by atoms with Gasteiger partial charge in [-0.1, -0.05) is 59.6 Å². The number of rotatable bonds is 7. The Morgan fingerprint density at radius 1 is 1.03 bits per heavy atom. The van der Waals surface area contributed by atoms with Crippen molar-refractivity contribution in [2.45, 2.75) is 42.4 Å². The summed E-state index contributed by atoms with van der Waals surface area (Å²) >= 11 is 14.5. The molecule has 1 heterocycles. The number of benzene rings is 3. The van der Waals surface area contributed by atoms with Crippen LogP contribution in [0.15, 0.2) is 78.0 Å². The summed E-state index contributed by atoms with van der Waals surface area (Å²) in [4.78, 5) is 21.3. The number of nitrogens with one attached hydrogen (secondary N) is 1. The molecule has 4 aromatic rings. The molecule has 178 valence electrons. The Balaban J connectivity index is 1.60. The number of halogens is 2. The molecule has 0 spiro atoms. The van der Waals surface area contributed by atoms with Gasteiger partial charge in [-0.05, 0) is 49.6 Å². The summed E-state index contributed by atoms with van der Waals surface area (Å²) in [6.07, 6.45) is 5.74. The number of carbonyl (C=O) groups excluding carboxylic acids is 1. The van der Waals surface area contributed by atoms with Crippen LogP contribution in [-0.2, 0) is 17.8 Å². The van der Waals surface area contributed by atoms with Crippen molar-refractivity contribution < 1.29 is 9.53 Å². The largest absolute Gasteiger partial charge is 0.475 e. The smallest absolute Gasteiger partial charge is 0.188 e.